The molecule has 2 saturated heterocycles. The standard InChI is InChI=1S/C17H31N3O2.2ClH/c1-17(18)6-3-2-4-15(17)16(21)20-9-7-19(8-10-20)12-14-5-11-22-13-14;;/h14-15H,2-13,18H2,1H3;2*1H. The second-order valence-corrected chi connectivity index (χ2v) is 7.66. The second-order valence-electron chi connectivity index (χ2n) is 7.66. The molecule has 1 aliphatic carbocycles. The largest absolute Gasteiger partial charge is 0.381 e. The molecule has 3 fully saturated rings. The minimum Gasteiger partial charge on any atom is -0.381 e. The van der Waals surface area contributed by atoms with Crippen molar-refractivity contribution >= 4 is 30.7 Å². The van der Waals surface area contributed by atoms with Crippen LogP contribution in [0.15, 0.2) is 0 Å². The fourth-order valence-corrected chi connectivity index (χ4v) is 4.23. The van der Waals surface area contributed by atoms with E-state index in [1.165, 1.54) is 6.42 Å². The number of carbonyl (C=O) groups excluding carboxylic acids is 1. The molecule has 3 rings (SSSR count). The van der Waals surface area contributed by atoms with Crippen molar-refractivity contribution in [1.82, 2.24) is 9.80 Å². The average molecular weight is 382 g/mol. The number of nitrogens with two attached hydrogens (primary N) is 1. The summed E-state index contributed by atoms with van der Waals surface area (Å²) < 4.78 is 5.46. The van der Waals surface area contributed by atoms with Crippen molar-refractivity contribution in [3.63, 3.8) is 0 Å². The van der Waals surface area contributed by atoms with Crippen LogP contribution in [0.5, 0.6) is 0 Å². The van der Waals surface area contributed by atoms with Crippen LogP contribution in [0.3, 0.4) is 0 Å². The second kappa shape index (κ2) is 9.58. The van der Waals surface area contributed by atoms with Gasteiger partial charge in [0, 0.05) is 44.9 Å². The van der Waals surface area contributed by atoms with Crippen LogP contribution < -0.4 is 5.73 Å². The molecule has 2 aliphatic heterocycles. The summed E-state index contributed by atoms with van der Waals surface area (Å²) in [5.41, 5.74) is 6.08. The summed E-state index contributed by atoms with van der Waals surface area (Å²) in [6.07, 6.45) is 5.43. The minimum atomic E-state index is -0.312. The van der Waals surface area contributed by atoms with Crippen LogP contribution in [0.4, 0.5) is 0 Å². The summed E-state index contributed by atoms with van der Waals surface area (Å²) in [4.78, 5) is 17.4. The van der Waals surface area contributed by atoms with Crippen molar-refractivity contribution in [2.24, 2.45) is 17.6 Å². The van der Waals surface area contributed by atoms with Gasteiger partial charge < -0.3 is 15.4 Å². The third-order valence-electron chi connectivity index (χ3n) is 5.78. The number of hydrogen-bond acceptors (Lipinski definition) is 4. The molecule has 5 nitrogen and oxygen atoms in total. The van der Waals surface area contributed by atoms with Crippen molar-refractivity contribution in [3.8, 4) is 0 Å². The van der Waals surface area contributed by atoms with Crippen LogP contribution in [0.25, 0.3) is 0 Å². The summed E-state index contributed by atoms with van der Waals surface area (Å²) in [7, 11) is 0. The number of piperazine rings is 1. The van der Waals surface area contributed by atoms with Gasteiger partial charge in [-0.25, -0.2) is 0 Å². The Morgan fingerprint density at radius 1 is 1.17 bits per heavy atom. The van der Waals surface area contributed by atoms with Gasteiger partial charge in [0.15, 0.2) is 0 Å². The lowest BCUT2D eigenvalue weighted by Crippen LogP contribution is -2.57. The van der Waals surface area contributed by atoms with Crippen LogP contribution >= 0.6 is 24.8 Å². The molecule has 2 heterocycles. The van der Waals surface area contributed by atoms with Gasteiger partial charge in [0.05, 0.1) is 12.5 Å². The van der Waals surface area contributed by atoms with E-state index >= 15 is 0 Å². The van der Waals surface area contributed by atoms with E-state index in [1.54, 1.807) is 0 Å². The molecular formula is C17H33Cl2N3O2. The fourth-order valence-electron chi connectivity index (χ4n) is 4.23. The maximum Gasteiger partial charge on any atom is 0.227 e. The first-order valence-electron chi connectivity index (χ1n) is 8.94. The van der Waals surface area contributed by atoms with Crippen molar-refractivity contribution in [2.45, 2.75) is 44.6 Å². The van der Waals surface area contributed by atoms with Gasteiger partial charge >= 0.3 is 0 Å². The van der Waals surface area contributed by atoms with Gasteiger partial charge in [-0.3, -0.25) is 9.69 Å². The highest BCUT2D eigenvalue weighted by Gasteiger charge is 2.40. The fraction of sp³-hybridized carbons (Fsp3) is 0.941. The summed E-state index contributed by atoms with van der Waals surface area (Å²) in [5.74, 6) is 1.01. The van der Waals surface area contributed by atoms with E-state index in [9.17, 15) is 4.79 Å². The Morgan fingerprint density at radius 2 is 1.88 bits per heavy atom. The zero-order valence-electron chi connectivity index (χ0n) is 14.7. The van der Waals surface area contributed by atoms with Crippen LogP contribution in [0.1, 0.15) is 39.0 Å². The molecule has 0 aromatic rings. The third-order valence-corrected chi connectivity index (χ3v) is 5.78. The van der Waals surface area contributed by atoms with Crippen molar-refractivity contribution in [2.75, 3.05) is 45.9 Å². The molecule has 2 N–H and O–H groups in total. The lowest BCUT2D eigenvalue weighted by Gasteiger charge is -2.42. The zero-order chi connectivity index (χ0) is 15.6. The highest BCUT2D eigenvalue weighted by Crippen LogP contribution is 2.33. The number of nitrogens with zero attached hydrogens (tertiary/aromatic N) is 2. The molecule has 0 aromatic carbocycles. The van der Waals surface area contributed by atoms with E-state index < -0.39 is 0 Å². The molecule has 7 heteroatoms. The molecule has 142 valence electrons. The molecule has 0 bridgehead atoms. The zero-order valence-corrected chi connectivity index (χ0v) is 16.4. The Balaban J connectivity index is 0.00000144. The summed E-state index contributed by atoms with van der Waals surface area (Å²) in [5, 5.41) is 0. The lowest BCUT2D eigenvalue weighted by molar-refractivity contribution is -0.140. The molecule has 1 saturated carbocycles. The van der Waals surface area contributed by atoms with Gasteiger partial charge in [-0.1, -0.05) is 12.8 Å². The van der Waals surface area contributed by atoms with E-state index in [4.69, 9.17) is 10.5 Å². The topological polar surface area (TPSA) is 58.8 Å². The molecule has 0 aromatic heterocycles. The van der Waals surface area contributed by atoms with Crippen molar-refractivity contribution in [3.05, 3.63) is 0 Å². The van der Waals surface area contributed by atoms with Crippen LogP contribution in [-0.4, -0.2) is 67.2 Å². The van der Waals surface area contributed by atoms with E-state index in [0.29, 0.717) is 11.8 Å². The first-order valence-corrected chi connectivity index (χ1v) is 8.94. The number of amides is 1. The maximum absolute atomic E-state index is 12.8. The first kappa shape index (κ1) is 22.0. The monoisotopic (exact) mass is 381 g/mol. The first-order chi connectivity index (χ1) is 10.6. The van der Waals surface area contributed by atoms with Gasteiger partial charge in [0.25, 0.3) is 0 Å². The van der Waals surface area contributed by atoms with Crippen LogP contribution in [0.2, 0.25) is 0 Å². The Morgan fingerprint density at radius 3 is 2.46 bits per heavy atom. The third kappa shape index (κ3) is 5.21. The molecule has 24 heavy (non-hydrogen) atoms. The van der Waals surface area contributed by atoms with Gasteiger partial charge in [-0.2, -0.15) is 0 Å². The minimum absolute atomic E-state index is 0. The smallest absolute Gasteiger partial charge is 0.227 e. The molecule has 1 amide bonds. The molecular weight excluding hydrogens is 349 g/mol. The Bertz CT molecular complexity index is 395. The Hall–Kier alpha value is -0.0700. The highest BCUT2D eigenvalue weighted by molar-refractivity contribution is 5.85. The van der Waals surface area contributed by atoms with Crippen molar-refractivity contribution < 1.29 is 9.53 Å². The predicted molar refractivity (Wildman–Crippen MR) is 101 cm³/mol. The molecule has 0 spiro atoms. The van der Waals surface area contributed by atoms with E-state index in [0.717, 1.165) is 71.6 Å². The normalized spacial score (nSPS) is 34.3. The van der Waals surface area contributed by atoms with Gasteiger partial charge in [0.2, 0.25) is 5.91 Å². The number of ether oxygens (including phenoxy) is 1. The molecule has 3 aliphatic rings. The summed E-state index contributed by atoms with van der Waals surface area (Å²) >= 11 is 0. The van der Waals surface area contributed by atoms with Gasteiger partial charge in [-0.05, 0) is 32.1 Å². The van der Waals surface area contributed by atoms with Crippen LogP contribution in [-0.2, 0) is 9.53 Å². The number of halogens is 2. The average Bonchev–Trinajstić information content (AvgIpc) is 3.00. The Kier molecular flexibility index (Phi) is 8.77. The van der Waals surface area contributed by atoms with E-state index in [1.807, 2.05) is 0 Å². The van der Waals surface area contributed by atoms with E-state index in [-0.39, 0.29) is 36.3 Å². The molecule has 3 atom stereocenters. The van der Waals surface area contributed by atoms with Crippen LogP contribution in [0, 0.1) is 11.8 Å². The quantitative estimate of drug-likeness (QED) is 0.810. The maximum atomic E-state index is 12.8. The number of rotatable bonds is 3. The highest BCUT2D eigenvalue weighted by atomic mass is 35.5. The van der Waals surface area contributed by atoms with Gasteiger partial charge in [0.1, 0.15) is 0 Å². The number of carbonyl (C=O) groups is 1. The molecule has 3 unspecified atom stereocenters. The van der Waals surface area contributed by atoms with Gasteiger partial charge in [-0.15, -0.1) is 24.8 Å². The van der Waals surface area contributed by atoms with E-state index in [2.05, 4.69) is 16.7 Å². The summed E-state index contributed by atoms with van der Waals surface area (Å²) in [6, 6.07) is 0. The Labute approximate surface area is 158 Å². The molecule has 0 radical (unpaired) electrons. The lowest BCUT2D eigenvalue weighted by atomic mass is 9.74. The SMILES string of the molecule is CC1(N)CCCCC1C(=O)N1CCN(CC2CCOC2)CC1.Cl.Cl. The number of hydrogen-bond donors (Lipinski definition) is 1. The summed E-state index contributed by atoms with van der Waals surface area (Å²) in [6.45, 7) is 8.72. The predicted octanol–water partition coefficient (Wildman–Crippen LogP) is 1.92. The van der Waals surface area contributed by atoms with Crippen molar-refractivity contribution in [1.29, 1.82) is 0 Å².